The SMILES string of the molecule is Cc1c(Cl)ccc2c(C(=O)C(Br)c3ccc(F)cc3OCCO)c[nH]c12. The quantitative estimate of drug-likeness (QED) is 0.421. The minimum Gasteiger partial charge on any atom is -0.491 e. The molecule has 1 unspecified atom stereocenters. The number of carbonyl (C=O) groups is 1. The van der Waals surface area contributed by atoms with E-state index in [4.69, 9.17) is 21.4 Å². The Balaban J connectivity index is 2.00. The summed E-state index contributed by atoms with van der Waals surface area (Å²) in [4.78, 5) is 15.4. The highest BCUT2D eigenvalue weighted by molar-refractivity contribution is 9.09. The number of nitrogens with one attached hydrogen (secondary N) is 1. The Labute approximate surface area is 163 Å². The molecule has 1 heterocycles. The number of aromatic nitrogens is 1. The molecule has 0 fully saturated rings. The van der Waals surface area contributed by atoms with Gasteiger partial charge in [0.25, 0.3) is 0 Å². The van der Waals surface area contributed by atoms with Gasteiger partial charge in [-0.1, -0.05) is 39.7 Å². The highest BCUT2D eigenvalue weighted by Gasteiger charge is 2.25. The molecule has 7 heteroatoms. The van der Waals surface area contributed by atoms with Crippen molar-refractivity contribution < 1.29 is 19.0 Å². The number of halogens is 3. The van der Waals surface area contributed by atoms with Gasteiger partial charge in [-0.3, -0.25) is 4.79 Å². The number of aliphatic hydroxyl groups excluding tert-OH is 1. The standard InChI is InChI=1S/C19H16BrClFNO3/c1-10-15(21)5-4-12-14(9-23-18(10)12)19(25)17(20)13-3-2-11(22)8-16(13)26-7-6-24/h2-5,8-9,17,23-24H,6-7H2,1H3. The molecular formula is C19H16BrClFNO3. The highest BCUT2D eigenvalue weighted by Crippen LogP contribution is 2.37. The highest BCUT2D eigenvalue weighted by atomic mass is 79.9. The number of ether oxygens (including phenoxy) is 1. The number of carbonyl (C=O) groups excluding carboxylic acids is 1. The van der Waals surface area contributed by atoms with E-state index in [2.05, 4.69) is 20.9 Å². The van der Waals surface area contributed by atoms with Crippen LogP contribution >= 0.6 is 27.5 Å². The lowest BCUT2D eigenvalue weighted by atomic mass is 10.0. The molecule has 2 aromatic carbocycles. The average Bonchev–Trinajstić information content (AvgIpc) is 3.06. The second-order valence-electron chi connectivity index (χ2n) is 5.78. The van der Waals surface area contributed by atoms with Gasteiger partial charge in [0.2, 0.25) is 0 Å². The molecule has 3 aromatic rings. The van der Waals surface area contributed by atoms with E-state index in [0.29, 0.717) is 16.1 Å². The van der Waals surface area contributed by atoms with Crippen LogP contribution in [-0.4, -0.2) is 29.1 Å². The number of Topliss-reactive ketones (excluding diaryl/α,β-unsaturated/α-hetero) is 1. The Morgan fingerprint density at radius 3 is 2.88 bits per heavy atom. The normalized spacial score (nSPS) is 12.3. The van der Waals surface area contributed by atoms with Crippen molar-refractivity contribution >= 4 is 44.2 Å². The lowest BCUT2D eigenvalue weighted by Gasteiger charge is -2.15. The summed E-state index contributed by atoms with van der Waals surface area (Å²) in [6, 6.07) is 7.51. The smallest absolute Gasteiger partial charge is 0.183 e. The van der Waals surface area contributed by atoms with Gasteiger partial charge in [0, 0.05) is 33.8 Å². The molecule has 3 rings (SSSR count). The van der Waals surface area contributed by atoms with Gasteiger partial charge in [-0.15, -0.1) is 0 Å². The first kappa shape index (κ1) is 18.9. The van der Waals surface area contributed by atoms with Gasteiger partial charge in [0.15, 0.2) is 5.78 Å². The van der Waals surface area contributed by atoms with Crippen LogP contribution in [0.25, 0.3) is 10.9 Å². The first-order valence-corrected chi connectivity index (χ1v) is 9.21. The first-order valence-electron chi connectivity index (χ1n) is 7.91. The average molecular weight is 441 g/mol. The van der Waals surface area contributed by atoms with Gasteiger partial charge in [-0.25, -0.2) is 4.39 Å². The zero-order chi connectivity index (χ0) is 18.8. The summed E-state index contributed by atoms with van der Waals surface area (Å²) in [5.74, 6) is -0.460. The number of rotatable bonds is 6. The largest absolute Gasteiger partial charge is 0.491 e. The molecule has 0 amide bonds. The number of H-pyrrole nitrogens is 1. The van der Waals surface area contributed by atoms with E-state index in [0.717, 1.165) is 16.5 Å². The van der Waals surface area contributed by atoms with Crippen molar-refractivity contribution in [2.75, 3.05) is 13.2 Å². The summed E-state index contributed by atoms with van der Waals surface area (Å²) in [5, 5.41) is 10.3. The van der Waals surface area contributed by atoms with Gasteiger partial charge < -0.3 is 14.8 Å². The molecule has 0 aliphatic heterocycles. The summed E-state index contributed by atoms with van der Waals surface area (Å²) < 4.78 is 18.9. The molecular weight excluding hydrogens is 425 g/mol. The van der Waals surface area contributed by atoms with Crippen LogP contribution in [0.15, 0.2) is 36.5 Å². The fourth-order valence-corrected chi connectivity index (χ4v) is 3.58. The molecule has 0 radical (unpaired) electrons. The number of aryl methyl sites for hydroxylation is 1. The topological polar surface area (TPSA) is 62.3 Å². The summed E-state index contributed by atoms with van der Waals surface area (Å²) >= 11 is 9.54. The number of aliphatic hydroxyl groups is 1. The minimum atomic E-state index is -0.730. The lowest BCUT2D eigenvalue weighted by molar-refractivity contribution is 0.0991. The van der Waals surface area contributed by atoms with Crippen LogP contribution < -0.4 is 4.74 Å². The molecule has 0 aliphatic rings. The summed E-state index contributed by atoms with van der Waals surface area (Å²) in [5.41, 5.74) is 2.66. The van der Waals surface area contributed by atoms with Gasteiger partial charge in [-0.2, -0.15) is 0 Å². The molecule has 0 saturated heterocycles. The van der Waals surface area contributed by atoms with E-state index >= 15 is 0 Å². The number of hydrogen-bond acceptors (Lipinski definition) is 3. The van der Waals surface area contributed by atoms with Crippen molar-refractivity contribution in [3.63, 3.8) is 0 Å². The van der Waals surface area contributed by atoms with Crippen LogP contribution in [-0.2, 0) is 0 Å². The van der Waals surface area contributed by atoms with E-state index < -0.39 is 10.6 Å². The van der Waals surface area contributed by atoms with Crippen LogP contribution in [0, 0.1) is 12.7 Å². The van der Waals surface area contributed by atoms with Gasteiger partial charge in [0.05, 0.1) is 12.1 Å². The Hall–Kier alpha value is -1.89. The number of benzene rings is 2. The lowest BCUT2D eigenvalue weighted by Crippen LogP contribution is -2.10. The van der Waals surface area contributed by atoms with Crippen molar-refractivity contribution in [3.8, 4) is 5.75 Å². The van der Waals surface area contributed by atoms with Gasteiger partial charge in [0.1, 0.15) is 23.0 Å². The second-order valence-corrected chi connectivity index (χ2v) is 7.10. The van der Waals surface area contributed by atoms with Crippen molar-refractivity contribution in [2.45, 2.75) is 11.8 Å². The van der Waals surface area contributed by atoms with E-state index in [1.54, 1.807) is 18.3 Å². The Morgan fingerprint density at radius 2 is 2.15 bits per heavy atom. The molecule has 0 saturated carbocycles. The van der Waals surface area contributed by atoms with Crippen LogP contribution in [0.2, 0.25) is 5.02 Å². The fraction of sp³-hybridized carbons (Fsp3) is 0.211. The number of aromatic amines is 1. The predicted octanol–water partition coefficient (Wildman–Crippen LogP) is 4.96. The third-order valence-electron chi connectivity index (χ3n) is 4.14. The maximum atomic E-state index is 13.5. The van der Waals surface area contributed by atoms with Crippen molar-refractivity contribution in [2.24, 2.45) is 0 Å². The number of alkyl halides is 1. The van der Waals surface area contributed by atoms with Crippen LogP contribution in [0.3, 0.4) is 0 Å². The number of fused-ring (bicyclic) bond motifs is 1. The maximum absolute atomic E-state index is 13.5. The molecule has 2 N–H and O–H groups in total. The molecule has 0 bridgehead atoms. The molecule has 136 valence electrons. The predicted molar refractivity (Wildman–Crippen MR) is 103 cm³/mol. The van der Waals surface area contributed by atoms with Crippen molar-refractivity contribution in [1.29, 1.82) is 0 Å². The summed E-state index contributed by atoms with van der Waals surface area (Å²) in [6.45, 7) is 1.68. The van der Waals surface area contributed by atoms with Gasteiger partial charge >= 0.3 is 0 Å². The third-order valence-corrected chi connectivity index (χ3v) is 5.46. The zero-order valence-corrected chi connectivity index (χ0v) is 16.2. The van der Waals surface area contributed by atoms with Crippen LogP contribution in [0.1, 0.15) is 26.3 Å². The monoisotopic (exact) mass is 439 g/mol. The Morgan fingerprint density at radius 1 is 1.38 bits per heavy atom. The second kappa shape index (κ2) is 7.78. The van der Waals surface area contributed by atoms with Crippen molar-refractivity contribution in [1.82, 2.24) is 4.98 Å². The maximum Gasteiger partial charge on any atom is 0.183 e. The Kier molecular flexibility index (Phi) is 5.65. The molecule has 1 aromatic heterocycles. The molecule has 26 heavy (non-hydrogen) atoms. The van der Waals surface area contributed by atoms with Crippen molar-refractivity contribution in [3.05, 3.63) is 64.1 Å². The molecule has 0 spiro atoms. The van der Waals surface area contributed by atoms with Crippen LogP contribution in [0.4, 0.5) is 4.39 Å². The fourth-order valence-electron chi connectivity index (χ4n) is 2.80. The first-order chi connectivity index (χ1) is 12.4. The molecule has 1 atom stereocenters. The van der Waals surface area contributed by atoms with E-state index in [1.165, 1.54) is 18.2 Å². The van der Waals surface area contributed by atoms with E-state index in [-0.39, 0.29) is 24.7 Å². The summed E-state index contributed by atoms with van der Waals surface area (Å²) in [6.07, 6.45) is 1.64. The van der Waals surface area contributed by atoms with E-state index in [9.17, 15) is 9.18 Å². The zero-order valence-electron chi connectivity index (χ0n) is 13.9. The molecule has 4 nitrogen and oxygen atoms in total. The number of hydrogen-bond donors (Lipinski definition) is 2. The third kappa shape index (κ3) is 3.49. The van der Waals surface area contributed by atoms with Gasteiger partial charge in [-0.05, 0) is 24.6 Å². The van der Waals surface area contributed by atoms with Crippen LogP contribution in [0.5, 0.6) is 5.75 Å². The molecule has 0 aliphatic carbocycles. The minimum absolute atomic E-state index is 0.00907. The van der Waals surface area contributed by atoms with E-state index in [1.807, 2.05) is 6.92 Å². The Bertz CT molecular complexity index is 973. The summed E-state index contributed by atoms with van der Waals surface area (Å²) in [7, 11) is 0. The number of ketones is 1.